The van der Waals surface area contributed by atoms with Gasteiger partial charge in [-0.2, -0.15) is 0 Å². The summed E-state index contributed by atoms with van der Waals surface area (Å²) in [7, 11) is 0. The molecule has 0 radical (unpaired) electrons. The fourth-order valence-corrected chi connectivity index (χ4v) is 4.60. The lowest BCUT2D eigenvalue weighted by Gasteiger charge is -2.06. The third-order valence-corrected chi connectivity index (χ3v) is 6.36. The van der Waals surface area contributed by atoms with Gasteiger partial charge in [0.2, 0.25) is 5.78 Å². The van der Waals surface area contributed by atoms with E-state index in [-0.39, 0.29) is 23.9 Å². The second kappa shape index (κ2) is 8.85. The number of nitrogens with zero attached hydrogens (tertiary/aromatic N) is 3. The molecule has 0 bridgehead atoms. The number of ketones is 1. The second-order valence-corrected chi connectivity index (χ2v) is 8.34. The van der Waals surface area contributed by atoms with E-state index in [2.05, 4.69) is 10.2 Å². The first-order valence-corrected chi connectivity index (χ1v) is 11.2. The lowest BCUT2D eigenvalue weighted by atomic mass is 10.1. The van der Waals surface area contributed by atoms with Crippen LogP contribution < -0.4 is 0 Å². The number of rotatable bonds is 8. The highest BCUT2D eigenvalue weighted by atomic mass is 32.2. The van der Waals surface area contributed by atoms with Crippen molar-refractivity contribution in [2.24, 2.45) is 0 Å². The van der Waals surface area contributed by atoms with E-state index < -0.39 is 5.97 Å². The lowest BCUT2D eigenvalue weighted by molar-refractivity contribution is -0.139. The van der Waals surface area contributed by atoms with Gasteiger partial charge in [0.05, 0.1) is 10.6 Å². The molecule has 9 heteroatoms. The minimum absolute atomic E-state index is 0.0367. The quantitative estimate of drug-likeness (QED) is 0.224. The number of esters is 1. The number of aromatic nitrogens is 3. The Morgan fingerprint density at radius 3 is 2.77 bits per heavy atom. The van der Waals surface area contributed by atoms with E-state index in [1.165, 1.54) is 11.8 Å². The van der Waals surface area contributed by atoms with Crippen molar-refractivity contribution < 1.29 is 18.7 Å². The van der Waals surface area contributed by atoms with Crippen molar-refractivity contribution in [1.29, 1.82) is 0 Å². The molecule has 0 spiro atoms. The van der Waals surface area contributed by atoms with Gasteiger partial charge in [-0.3, -0.25) is 9.59 Å². The number of thiophene rings is 1. The summed E-state index contributed by atoms with van der Waals surface area (Å²) in [6.07, 6.45) is 0. The van der Waals surface area contributed by atoms with E-state index >= 15 is 0 Å². The summed E-state index contributed by atoms with van der Waals surface area (Å²) >= 11 is 2.82. The SMILES string of the molecule is CCn1c(SCC(=O)OCC(=O)c2oc3ccccc3c2C)nnc1-c1cccs1. The average Bonchev–Trinajstić information content (AvgIpc) is 3.49. The number of benzene rings is 1. The summed E-state index contributed by atoms with van der Waals surface area (Å²) < 4.78 is 12.7. The Balaban J connectivity index is 1.35. The van der Waals surface area contributed by atoms with Gasteiger partial charge in [-0.25, -0.2) is 0 Å². The number of aryl methyl sites for hydroxylation is 1. The van der Waals surface area contributed by atoms with Crippen LogP contribution in [0.2, 0.25) is 0 Å². The van der Waals surface area contributed by atoms with Crippen LogP contribution in [0, 0.1) is 6.92 Å². The highest BCUT2D eigenvalue weighted by molar-refractivity contribution is 7.99. The Labute approximate surface area is 181 Å². The Kier molecular flexibility index (Phi) is 6.01. The van der Waals surface area contributed by atoms with E-state index in [0.717, 1.165) is 21.7 Å². The summed E-state index contributed by atoms with van der Waals surface area (Å²) in [6.45, 7) is 4.14. The predicted molar refractivity (Wildman–Crippen MR) is 116 cm³/mol. The van der Waals surface area contributed by atoms with Gasteiger partial charge in [0.25, 0.3) is 0 Å². The van der Waals surface area contributed by atoms with E-state index in [4.69, 9.17) is 9.15 Å². The van der Waals surface area contributed by atoms with Crippen molar-refractivity contribution in [1.82, 2.24) is 14.8 Å². The smallest absolute Gasteiger partial charge is 0.316 e. The summed E-state index contributed by atoms with van der Waals surface area (Å²) in [4.78, 5) is 25.6. The average molecular weight is 442 g/mol. The topological polar surface area (TPSA) is 87.2 Å². The van der Waals surface area contributed by atoms with Crippen LogP contribution in [-0.4, -0.2) is 38.9 Å². The van der Waals surface area contributed by atoms with Crippen LogP contribution in [-0.2, 0) is 16.1 Å². The van der Waals surface area contributed by atoms with Crippen molar-refractivity contribution in [2.75, 3.05) is 12.4 Å². The molecule has 0 saturated heterocycles. The number of para-hydroxylation sites is 1. The molecule has 7 nitrogen and oxygen atoms in total. The summed E-state index contributed by atoms with van der Waals surface area (Å²) in [5, 5.41) is 11.9. The Hall–Kier alpha value is -2.91. The molecular formula is C21H19N3O4S2. The number of hydrogen-bond acceptors (Lipinski definition) is 8. The molecule has 0 aliphatic heterocycles. The monoisotopic (exact) mass is 441 g/mol. The van der Waals surface area contributed by atoms with Gasteiger partial charge < -0.3 is 13.7 Å². The van der Waals surface area contributed by atoms with Crippen LogP contribution in [0.5, 0.6) is 0 Å². The predicted octanol–water partition coefficient (Wildman–Crippen LogP) is 4.60. The van der Waals surface area contributed by atoms with Crippen molar-refractivity contribution in [2.45, 2.75) is 25.5 Å². The molecule has 0 unspecified atom stereocenters. The fourth-order valence-electron chi connectivity index (χ4n) is 3.09. The highest BCUT2D eigenvalue weighted by Gasteiger charge is 2.20. The summed E-state index contributed by atoms with van der Waals surface area (Å²) in [5.74, 6) is 0.181. The van der Waals surface area contributed by atoms with E-state index in [1.54, 1.807) is 17.4 Å². The van der Waals surface area contributed by atoms with Crippen LogP contribution in [0.3, 0.4) is 0 Å². The minimum atomic E-state index is -0.495. The summed E-state index contributed by atoms with van der Waals surface area (Å²) in [5.41, 5.74) is 1.39. The van der Waals surface area contributed by atoms with Crippen LogP contribution in [0.25, 0.3) is 21.7 Å². The number of thioether (sulfide) groups is 1. The van der Waals surface area contributed by atoms with E-state index in [1.807, 2.05) is 54.1 Å². The zero-order chi connectivity index (χ0) is 21.1. The number of hydrogen-bond donors (Lipinski definition) is 0. The molecule has 0 aliphatic rings. The third-order valence-electron chi connectivity index (χ3n) is 4.55. The van der Waals surface area contributed by atoms with Crippen LogP contribution >= 0.6 is 23.1 Å². The van der Waals surface area contributed by atoms with Crippen molar-refractivity contribution in [3.8, 4) is 10.7 Å². The standard InChI is InChI=1S/C21H19N3O4S2/c1-3-24-20(17-9-6-10-29-17)22-23-21(24)30-12-18(26)27-11-15(25)19-13(2)14-7-4-5-8-16(14)28-19/h4-10H,3,11-12H2,1-2H3. The molecule has 30 heavy (non-hydrogen) atoms. The number of ether oxygens (including phenoxy) is 1. The molecular weight excluding hydrogens is 422 g/mol. The largest absolute Gasteiger partial charge is 0.457 e. The van der Waals surface area contributed by atoms with Crippen molar-refractivity contribution >= 4 is 45.8 Å². The van der Waals surface area contributed by atoms with Gasteiger partial charge >= 0.3 is 5.97 Å². The number of carbonyl (C=O) groups excluding carboxylic acids is 2. The Bertz CT molecular complexity index is 1190. The molecule has 3 aromatic heterocycles. The second-order valence-electron chi connectivity index (χ2n) is 6.45. The maximum atomic E-state index is 12.4. The molecule has 4 aromatic rings. The van der Waals surface area contributed by atoms with Crippen LogP contribution in [0.1, 0.15) is 23.0 Å². The number of Topliss-reactive ketones (excluding diaryl/α,β-unsaturated/α-hetero) is 1. The van der Waals surface area contributed by atoms with Crippen LogP contribution in [0.15, 0.2) is 51.4 Å². The van der Waals surface area contributed by atoms with E-state index in [0.29, 0.717) is 17.3 Å². The fraction of sp³-hybridized carbons (Fsp3) is 0.238. The summed E-state index contributed by atoms with van der Waals surface area (Å²) in [6, 6.07) is 11.4. The molecule has 0 fully saturated rings. The minimum Gasteiger partial charge on any atom is -0.457 e. The maximum absolute atomic E-state index is 12.4. The van der Waals surface area contributed by atoms with Gasteiger partial charge in [0.1, 0.15) is 5.58 Å². The zero-order valence-corrected chi connectivity index (χ0v) is 18.1. The Morgan fingerprint density at radius 2 is 2.03 bits per heavy atom. The van der Waals surface area contributed by atoms with Crippen molar-refractivity contribution in [3.05, 3.63) is 53.1 Å². The molecule has 0 amide bonds. The zero-order valence-electron chi connectivity index (χ0n) is 16.5. The van der Waals surface area contributed by atoms with Gasteiger partial charge in [0, 0.05) is 17.5 Å². The first kappa shape index (κ1) is 20.4. The molecule has 0 aliphatic carbocycles. The maximum Gasteiger partial charge on any atom is 0.316 e. The van der Waals surface area contributed by atoms with Gasteiger partial charge in [-0.05, 0) is 31.4 Å². The first-order valence-electron chi connectivity index (χ1n) is 9.35. The van der Waals surface area contributed by atoms with Crippen LogP contribution in [0.4, 0.5) is 0 Å². The van der Waals surface area contributed by atoms with Gasteiger partial charge in [-0.1, -0.05) is 36.0 Å². The van der Waals surface area contributed by atoms with Gasteiger partial charge in [0.15, 0.2) is 23.3 Å². The lowest BCUT2D eigenvalue weighted by Crippen LogP contribution is -2.16. The van der Waals surface area contributed by atoms with Crippen molar-refractivity contribution in [3.63, 3.8) is 0 Å². The third kappa shape index (κ3) is 4.03. The molecule has 154 valence electrons. The number of fused-ring (bicyclic) bond motifs is 1. The number of furan rings is 1. The molecule has 3 heterocycles. The highest BCUT2D eigenvalue weighted by Crippen LogP contribution is 2.27. The number of carbonyl (C=O) groups is 2. The molecule has 1 aromatic carbocycles. The first-order chi connectivity index (χ1) is 14.6. The van der Waals surface area contributed by atoms with Gasteiger partial charge in [-0.15, -0.1) is 21.5 Å². The molecule has 0 saturated carbocycles. The molecule has 0 atom stereocenters. The van der Waals surface area contributed by atoms with E-state index in [9.17, 15) is 9.59 Å². The normalized spacial score (nSPS) is 11.1. The Morgan fingerprint density at radius 1 is 1.20 bits per heavy atom. The molecule has 0 N–H and O–H groups in total. The molecule has 4 rings (SSSR count).